The third kappa shape index (κ3) is 2.30. The average Bonchev–Trinajstić information content (AvgIpc) is 2.89. The zero-order valence-corrected chi connectivity index (χ0v) is 13.6. The smallest absolute Gasteiger partial charge is 0.337 e. The largest absolute Gasteiger partial charge is 0.478 e. The fourth-order valence-corrected chi connectivity index (χ4v) is 3.56. The molecule has 1 aliphatic carbocycles. The lowest BCUT2D eigenvalue weighted by Crippen LogP contribution is -2.33. The Bertz CT molecular complexity index is 939. The number of aliphatic hydroxyl groups is 1. The molecule has 1 saturated carbocycles. The van der Waals surface area contributed by atoms with Gasteiger partial charge in [-0.15, -0.1) is 0 Å². The Balaban J connectivity index is 1.76. The third-order valence-corrected chi connectivity index (χ3v) is 5.21. The van der Waals surface area contributed by atoms with Crippen LogP contribution in [0.2, 0.25) is 0 Å². The lowest BCUT2D eigenvalue weighted by Gasteiger charge is -2.37. The van der Waals surface area contributed by atoms with Gasteiger partial charge in [0.05, 0.1) is 16.7 Å². The molecule has 4 rings (SSSR count). The highest BCUT2D eigenvalue weighted by Gasteiger charge is 2.35. The van der Waals surface area contributed by atoms with Gasteiger partial charge in [-0.05, 0) is 48.1 Å². The minimum Gasteiger partial charge on any atom is -0.478 e. The van der Waals surface area contributed by atoms with E-state index in [0.29, 0.717) is 10.9 Å². The van der Waals surface area contributed by atoms with Crippen molar-refractivity contribution in [2.24, 2.45) is 0 Å². The minimum absolute atomic E-state index is 0.183. The van der Waals surface area contributed by atoms with Crippen LogP contribution < -0.4 is 0 Å². The van der Waals surface area contributed by atoms with Crippen molar-refractivity contribution in [2.75, 3.05) is 0 Å². The zero-order chi connectivity index (χ0) is 16.9. The van der Waals surface area contributed by atoms with E-state index < -0.39 is 11.6 Å². The summed E-state index contributed by atoms with van der Waals surface area (Å²) < 4.78 is 1.30. The van der Waals surface area contributed by atoms with Crippen molar-refractivity contribution in [3.05, 3.63) is 59.8 Å². The normalized spacial score (nSPS) is 16.1. The summed E-state index contributed by atoms with van der Waals surface area (Å²) >= 11 is 6.04. The molecular formula is C19H16ClNO3. The molecule has 4 nitrogen and oxygen atoms in total. The summed E-state index contributed by atoms with van der Waals surface area (Å²) in [5.41, 5.74) is 3.01. The number of aromatic carboxylic acids is 1. The van der Waals surface area contributed by atoms with E-state index in [4.69, 9.17) is 11.8 Å². The second-order valence-corrected chi connectivity index (χ2v) is 6.72. The standard InChI is InChI=1S/C19H16ClNO3/c20-21-11-16(18(22)23)15-10-13(4-7-17(15)21)12-2-5-14(6-3-12)19(24)8-1-9-19/h2-7,10-11,24H,1,8-9H2,(H,22,23). The van der Waals surface area contributed by atoms with Gasteiger partial charge >= 0.3 is 5.97 Å². The molecule has 24 heavy (non-hydrogen) atoms. The molecule has 0 atom stereocenters. The molecule has 1 heterocycles. The number of rotatable bonds is 3. The first-order chi connectivity index (χ1) is 11.5. The highest BCUT2D eigenvalue weighted by Crippen LogP contribution is 2.41. The van der Waals surface area contributed by atoms with E-state index in [9.17, 15) is 15.0 Å². The third-order valence-electron chi connectivity index (χ3n) is 4.93. The summed E-state index contributed by atoms with van der Waals surface area (Å²) in [7, 11) is 0. The first-order valence-corrected chi connectivity index (χ1v) is 8.20. The molecule has 0 unspecified atom stereocenters. The lowest BCUT2D eigenvalue weighted by atomic mass is 9.75. The maximum atomic E-state index is 11.4. The molecule has 0 radical (unpaired) electrons. The van der Waals surface area contributed by atoms with Crippen LogP contribution in [0.25, 0.3) is 22.0 Å². The Morgan fingerprint density at radius 2 is 1.75 bits per heavy atom. The maximum absolute atomic E-state index is 11.4. The maximum Gasteiger partial charge on any atom is 0.337 e. The van der Waals surface area contributed by atoms with E-state index in [-0.39, 0.29) is 5.56 Å². The highest BCUT2D eigenvalue weighted by molar-refractivity contribution is 6.21. The minimum atomic E-state index is -1.00. The van der Waals surface area contributed by atoms with Crippen molar-refractivity contribution < 1.29 is 15.0 Å². The van der Waals surface area contributed by atoms with Crippen LogP contribution in [0.15, 0.2) is 48.7 Å². The van der Waals surface area contributed by atoms with Crippen LogP contribution in [0.3, 0.4) is 0 Å². The lowest BCUT2D eigenvalue weighted by molar-refractivity contribution is -0.0387. The Labute approximate surface area is 144 Å². The molecule has 122 valence electrons. The molecule has 3 aromatic rings. The predicted octanol–water partition coefficient (Wildman–Crippen LogP) is 4.38. The van der Waals surface area contributed by atoms with Gasteiger partial charge in [-0.1, -0.05) is 30.3 Å². The number of halogens is 1. The van der Waals surface area contributed by atoms with Crippen LogP contribution in [-0.2, 0) is 5.60 Å². The number of benzene rings is 2. The van der Waals surface area contributed by atoms with E-state index in [0.717, 1.165) is 36.0 Å². The van der Waals surface area contributed by atoms with Gasteiger partial charge in [0.25, 0.3) is 0 Å². The van der Waals surface area contributed by atoms with E-state index in [1.807, 2.05) is 42.5 Å². The summed E-state index contributed by atoms with van der Waals surface area (Å²) in [6.07, 6.45) is 4.09. The van der Waals surface area contributed by atoms with Crippen LogP contribution in [0, 0.1) is 0 Å². The second kappa shape index (κ2) is 5.36. The molecule has 0 saturated heterocycles. The van der Waals surface area contributed by atoms with E-state index in [2.05, 4.69) is 0 Å². The number of hydrogen-bond acceptors (Lipinski definition) is 2. The number of nitrogens with zero attached hydrogens (tertiary/aromatic N) is 1. The molecule has 2 N–H and O–H groups in total. The van der Waals surface area contributed by atoms with Gasteiger partial charge in [-0.2, -0.15) is 0 Å². The van der Waals surface area contributed by atoms with Gasteiger partial charge in [-0.3, -0.25) is 4.09 Å². The molecule has 0 aliphatic heterocycles. The molecular weight excluding hydrogens is 326 g/mol. The summed E-state index contributed by atoms with van der Waals surface area (Å²) in [4.78, 5) is 11.4. The van der Waals surface area contributed by atoms with Gasteiger partial charge < -0.3 is 10.2 Å². The Morgan fingerprint density at radius 1 is 1.08 bits per heavy atom. The number of fused-ring (bicyclic) bond motifs is 1. The van der Waals surface area contributed by atoms with E-state index in [1.165, 1.54) is 10.3 Å². The summed E-state index contributed by atoms with van der Waals surface area (Å²) in [6.45, 7) is 0. The summed E-state index contributed by atoms with van der Waals surface area (Å²) in [5.74, 6) is -1.00. The van der Waals surface area contributed by atoms with Crippen molar-refractivity contribution in [1.29, 1.82) is 0 Å². The quantitative estimate of drug-likeness (QED) is 0.743. The molecule has 1 aliphatic rings. The van der Waals surface area contributed by atoms with E-state index >= 15 is 0 Å². The summed E-state index contributed by atoms with van der Waals surface area (Å²) in [6, 6.07) is 13.4. The molecule has 0 amide bonds. The van der Waals surface area contributed by atoms with Crippen molar-refractivity contribution in [1.82, 2.24) is 4.09 Å². The van der Waals surface area contributed by atoms with Gasteiger partial charge in [0.1, 0.15) is 0 Å². The molecule has 0 bridgehead atoms. The van der Waals surface area contributed by atoms with Crippen LogP contribution in [0.1, 0.15) is 35.2 Å². The fourth-order valence-electron chi connectivity index (χ4n) is 3.31. The number of hydrogen-bond donors (Lipinski definition) is 2. The van der Waals surface area contributed by atoms with E-state index in [1.54, 1.807) is 0 Å². The van der Waals surface area contributed by atoms with Crippen LogP contribution in [0.4, 0.5) is 0 Å². The van der Waals surface area contributed by atoms with Gasteiger partial charge in [0, 0.05) is 23.4 Å². The monoisotopic (exact) mass is 341 g/mol. The van der Waals surface area contributed by atoms with Crippen molar-refractivity contribution >= 4 is 28.6 Å². The number of carboxylic acid groups (broad SMARTS) is 1. The molecule has 1 aromatic heterocycles. The molecule has 5 heteroatoms. The Hall–Kier alpha value is -2.30. The first-order valence-electron chi connectivity index (χ1n) is 7.86. The predicted molar refractivity (Wildman–Crippen MR) is 93.3 cm³/mol. The van der Waals surface area contributed by atoms with Crippen molar-refractivity contribution in [3.63, 3.8) is 0 Å². The average molecular weight is 342 g/mol. The second-order valence-electron chi connectivity index (χ2n) is 6.35. The van der Waals surface area contributed by atoms with Gasteiger partial charge in [-0.25, -0.2) is 4.79 Å². The highest BCUT2D eigenvalue weighted by atomic mass is 35.5. The summed E-state index contributed by atoms with van der Waals surface area (Å²) in [5, 5.41) is 20.3. The fraction of sp³-hybridized carbons (Fsp3) is 0.211. The zero-order valence-electron chi connectivity index (χ0n) is 12.9. The van der Waals surface area contributed by atoms with Gasteiger partial charge in [0.2, 0.25) is 0 Å². The Kier molecular flexibility index (Phi) is 3.41. The van der Waals surface area contributed by atoms with Crippen molar-refractivity contribution in [3.8, 4) is 11.1 Å². The number of carboxylic acids is 1. The first kappa shape index (κ1) is 15.2. The van der Waals surface area contributed by atoms with Gasteiger partial charge in [0.15, 0.2) is 0 Å². The van der Waals surface area contributed by atoms with Crippen LogP contribution >= 0.6 is 11.8 Å². The molecule has 1 fully saturated rings. The molecule has 0 spiro atoms. The number of aromatic nitrogens is 1. The molecule has 2 aromatic carbocycles. The Morgan fingerprint density at radius 3 is 2.33 bits per heavy atom. The van der Waals surface area contributed by atoms with Crippen molar-refractivity contribution in [2.45, 2.75) is 24.9 Å². The van der Waals surface area contributed by atoms with Crippen LogP contribution in [0.5, 0.6) is 0 Å². The number of carbonyl (C=O) groups is 1. The SMILES string of the molecule is O=C(O)c1cn(Cl)c2ccc(-c3ccc(C4(O)CCC4)cc3)cc12. The van der Waals surface area contributed by atoms with Crippen LogP contribution in [-0.4, -0.2) is 20.3 Å². The topological polar surface area (TPSA) is 62.5 Å².